The van der Waals surface area contributed by atoms with E-state index in [0.717, 1.165) is 26.2 Å². The SMILES string of the molecule is CCCNCc1ccc(N(C)CC2CCCO2)c(C)c1. The molecule has 1 fully saturated rings. The molecule has 1 aliphatic rings. The van der Waals surface area contributed by atoms with E-state index in [0.29, 0.717) is 6.10 Å². The minimum Gasteiger partial charge on any atom is -0.376 e. The summed E-state index contributed by atoms with van der Waals surface area (Å²) in [6, 6.07) is 6.77. The van der Waals surface area contributed by atoms with Gasteiger partial charge in [-0.05, 0) is 49.9 Å². The molecule has 1 unspecified atom stereocenters. The standard InChI is InChI=1S/C17H28N2O/c1-4-9-18-12-15-7-8-17(14(2)11-15)19(3)13-16-6-5-10-20-16/h7-8,11,16,18H,4-6,9-10,12-13H2,1-3H3. The molecule has 0 aromatic heterocycles. The second kappa shape index (κ2) is 7.65. The van der Waals surface area contributed by atoms with Crippen molar-refractivity contribution in [2.45, 2.75) is 45.8 Å². The van der Waals surface area contributed by atoms with Gasteiger partial charge in [-0.25, -0.2) is 0 Å². The number of hydrogen-bond donors (Lipinski definition) is 1. The van der Waals surface area contributed by atoms with E-state index in [2.05, 4.69) is 49.3 Å². The van der Waals surface area contributed by atoms with Crippen LogP contribution in [0.2, 0.25) is 0 Å². The van der Waals surface area contributed by atoms with E-state index in [-0.39, 0.29) is 0 Å². The van der Waals surface area contributed by atoms with Gasteiger partial charge in [0.25, 0.3) is 0 Å². The molecule has 112 valence electrons. The van der Waals surface area contributed by atoms with E-state index in [1.807, 2.05) is 0 Å². The predicted octanol–water partition coefficient (Wildman–Crippen LogP) is 3.11. The maximum atomic E-state index is 5.72. The summed E-state index contributed by atoms with van der Waals surface area (Å²) in [5, 5.41) is 3.45. The largest absolute Gasteiger partial charge is 0.376 e. The molecule has 1 aromatic carbocycles. The molecule has 0 spiro atoms. The number of nitrogens with zero attached hydrogens (tertiary/aromatic N) is 1. The van der Waals surface area contributed by atoms with Gasteiger partial charge in [0.1, 0.15) is 0 Å². The van der Waals surface area contributed by atoms with Crippen LogP contribution in [0.1, 0.15) is 37.3 Å². The van der Waals surface area contributed by atoms with Gasteiger partial charge in [-0.2, -0.15) is 0 Å². The average molecular weight is 276 g/mol. The lowest BCUT2D eigenvalue weighted by molar-refractivity contribution is 0.116. The first-order valence-electron chi connectivity index (χ1n) is 7.83. The molecule has 0 amide bonds. The first-order chi connectivity index (χ1) is 9.70. The van der Waals surface area contributed by atoms with Gasteiger partial charge in [0.2, 0.25) is 0 Å². The molecule has 0 saturated carbocycles. The average Bonchev–Trinajstić information content (AvgIpc) is 2.92. The van der Waals surface area contributed by atoms with Crippen LogP contribution in [-0.4, -0.2) is 32.8 Å². The van der Waals surface area contributed by atoms with Crippen LogP contribution < -0.4 is 10.2 Å². The Balaban J connectivity index is 1.93. The number of ether oxygens (including phenoxy) is 1. The monoisotopic (exact) mass is 276 g/mol. The minimum absolute atomic E-state index is 0.408. The summed E-state index contributed by atoms with van der Waals surface area (Å²) < 4.78 is 5.72. The molecule has 1 aromatic rings. The summed E-state index contributed by atoms with van der Waals surface area (Å²) >= 11 is 0. The van der Waals surface area contributed by atoms with Crippen LogP contribution in [0.15, 0.2) is 18.2 Å². The molecule has 20 heavy (non-hydrogen) atoms. The van der Waals surface area contributed by atoms with Gasteiger partial charge < -0.3 is 15.0 Å². The van der Waals surface area contributed by atoms with Crippen molar-refractivity contribution in [2.75, 3.05) is 31.6 Å². The number of rotatable bonds is 7. The van der Waals surface area contributed by atoms with Crippen molar-refractivity contribution < 1.29 is 4.74 Å². The van der Waals surface area contributed by atoms with Crippen molar-refractivity contribution in [1.29, 1.82) is 0 Å². The molecule has 1 atom stereocenters. The number of anilines is 1. The number of aryl methyl sites for hydroxylation is 1. The van der Waals surface area contributed by atoms with Crippen LogP contribution >= 0.6 is 0 Å². The zero-order valence-electron chi connectivity index (χ0n) is 13.1. The number of benzene rings is 1. The highest BCUT2D eigenvalue weighted by molar-refractivity contribution is 5.54. The lowest BCUT2D eigenvalue weighted by atomic mass is 10.1. The zero-order valence-corrected chi connectivity index (χ0v) is 13.1. The summed E-state index contributed by atoms with van der Waals surface area (Å²) in [4.78, 5) is 2.33. The summed E-state index contributed by atoms with van der Waals surface area (Å²) in [6.45, 7) is 8.37. The molecule has 0 aliphatic carbocycles. The third kappa shape index (κ3) is 4.22. The second-order valence-corrected chi connectivity index (χ2v) is 5.81. The van der Waals surface area contributed by atoms with Gasteiger partial charge in [0.15, 0.2) is 0 Å². The molecular weight excluding hydrogens is 248 g/mol. The fraction of sp³-hybridized carbons (Fsp3) is 0.647. The highest BCUT2D eigenvalue weighted by Gasteiger charge is 2.18. The van der Waals surface area contributed by atoms with Crippen LogP contribution in [0.3, 0.4) is 0 Å². The third-order valence-corrected chi connectivity index (χ3v) is 3.93. The van der Waals surface area contributed by atoms with Crippen molar-refractivity contribution in [3.05, 3.63) is 29.3 Å². The Hall–Kier alpha value is -1.06. The summed E-state index contributed by atoms with van der Waals surface area (Å²) in [5.41, 5.74) is 4.03. The van der Waals surface area contributed by atoms with Gasteiger partial charge in [-0.3, -0.25) is 0 Å². The van der Waals surface area contributed by atoms with Crippen LogP contribution in [0.25, 0.3) is 0 Å². The lowest BCUT2D eigenvalue weighted by Crippen LogP contribution is -2.29. The molecule has 1 saturated heterocycles. The fourth-order valence-electron chi connectivity index (χ4n) is 2.86. The minimum atomic E-state index is 0.408. The Bertz CT molecular complexity index is 413. The van der Waals surface area contributed by atoms with Crippen LogP contribution in [0.4, 0.5) is 5.69 Å². The van der Waals surface area contributed by atoms with E-state index in [9.17, 15) is 0 Å². The fourth-order valence-corrected chi connectivity index (χ4v) is 2.86. The van der Waals surface area contributed by atoms with E-state index in [4.69, 9.17) is 4.74 Å². The van der Waals surface area contributed by atoms with Crippen molar-refractivity contribution in [3.63, 3.8) is 0 Å². The van der Waals surface area contributed by atoms with Crippen LogP contribution in [0.5, 0.6) is 0 Å². The Morgan fingerprint density at radius 2 is 2.25 bits per heavy atom. The van der Waals surface area contributed by atoms with Crippen LogP contribution in [0, 0.1) is 6.92 Å². The maximum absolute atomic E-state index is 5.72. The Morgan fingerprint density at radius 1 is 1.40 bits per heavy atom. The van der Waals surface area contributed by atoms with E-state index in [1.54, 1.807) is 0 Å². The topological polar surface area (TPSA) is 24.5 Å². The molecule has 1 aliphatic heterocycles. The summed E-state index contributed by atoms with van der Waals surface area (Å²) in [6.07, 6.45) is 3.99. The molecule has 1 heterocycles. The molecular formula is C17H28N2O. The number of nitrogens with one attached hydrogen (secondary N) is 1. The molecule has 1 N–H and O–H groups in total. The highest BCUT2D eigenvalue weighted by atomic mass is 16.5. The Kier molecular flexibility index (Phi) is 5.86. The quantitative estimate of drug-likeness (QED) is 0.774. The predicted molar refractivity (Wildman–Crippen MR) is 85.4 cm³/mol. The Labute approximate surface area is 123 Å². The number of hydrogen-bond acceptors (Lipinski definition) is 3. The zero-order chi connectivity index (χ0) is 14.4. The smallest absolute Gasteiger partial charge is 0.0750 e. The maximum Gasteiger partial charge on any atom is 0.0750 e. The van der Waals surface area contributed by atoms with Crippen LogP contribution in [-0.2, 0) is 11.3 Å². The Morgan fingerprint density at radius 3 is 2.90 bits per heavy atom. The van der Waals surface area contributed by atoms with E-state index < -0.39 is 0 Å². The van der Waals surface area contributed by atoms with Crippen molar-refractivity contribution in [3.8, 4) is 0 Å². The van der Waals surface area contributed by atoms with E-state index in [1.165, 1.54) is 36.1 Å². The summed E-state index contributed by atoms with van der Waals surface area (Å²) in [5.74, 6) is 0. The first kappa shape index (κ1) is 15.3. The van der Waals surface area contributed by atoms with Crippen molar-refractivity contribution >= 4 is 5.69 Å². The van der Waals surface area contributed by atoms with Crippen molar-refractivity contribution in [2.24, 2.45) is 0 Å². The van der Waals surface area contributed by atoms with Gasteiger partial charge in [0, 0.05) is 32.4 Å². The third-order valence-electron chi connectivity index (χ3n) is 3.93. The number of likely N-dealkylation sites (N-methyl/N-ethyl adjacent to an activating group) is 1. The van der Waals surface area contributed by atoms with Gasteiger partial charge >= 0.3 is 0 Å². The molecule has 0 radical (unpaired) electrons. The second-order valence-electron chi connectivity index (χ2n) is 5.81. The molecule has 2 rings (SSSR count). The lowest BCUT2D eigenvalue weighted by Gasteiger charge is -2.25. The normalized spacial score (nSPS) is 18.4. The van der Waals surface area contributed by atoms with E-state index >= 15 is 0 Å². The van der Waals surface area contributed by atoms with Gasteiger partial charge in [-0.1, -0.05) is 19.1 Å². The molecule has 3 heteroatoms. The van der Waals surface area contributed by atoms with Gasteiger partial charge in [0.05, 0.1) is 6.10 Å². The molecule has 3 nitrogen and oxygen atoms in total. The summed E-state index contributed by atoms with van der Waals surface area (Å²) in [7, 11) is 2.17. The van der Waals surface area contributed by atoms with Crippen molar-refractivity contribution in [1.82, 2.24) is 5.32 Å². The molecule has 0 bridgehead atoms. The van der Waals surface area contributed by atoms with Gasteiger partial charge in [-0.15, -0.1) is 0 Å². The first-order valence-corrected chi connectivity index (χ1v) is 7.83. The highest BCUT2D eigenvalue weighted by Crippen LogP contribution is 2.22.